The topological polar surface area (TPSA) is 166 Å². The van der Waals surface area contributed by atoms with Crippen LogP contribution in [-0.2, 0) is 37.9 Å². The van der Waals surface area contributed by atoms with Gasteiger partial charge in [-0.1, -0.05) is 17.3 Å². The molecule has 2 aromatic rings. The zero-order chi connectivity index (χ0) is 18.7. The first kappa shape index (κ1) is 18.8. The van der Waals surface area contributed by atoms with Gasteiger partial charge in [-0.15, -0.1) is 5.10 Å². The number of amides is 1. The third-order valence-electron chi connectivity index (χ3n) is 2.88. The molecule has 0 radical (unpaired) electrons. The van der Waals surface area contributed by atoms with E-state index in [0.29, 0.717) is 5.56 Å². The Morgan fingerprint density at radius 2 is 1.84 bits per heavy atom. The molecule has 0 saturated heterocycles. The van der Waals surface area contributed by atoms with Crippen molar-refractivity contribution in [3.63, 3.8) is 0 Å². The molecule has 2 rings (SSSR count). The molecular formula is C12H16N6O5S2. The molecular weight excluding hydrogens is 372 g/mol. The van der Waals surface area contributed by atoms with Gasteiger partial charge in [-0.2, -0.15) is 0 Å². The number of nitrogens with zero attached hydrogens (tertiary/aromatic N) is 3. The lowest BCUT2D eigenvalue weighted by Crippen LogP contribution is -2.27. The Labute approximate surface area is 144 Å². The van der Waals surface area contributed by atoms with Gasteiger partial charge < -0.3 is 5.32 Å². The predicted molar refractivity (Wildman–Crippen MR) is 88.2 cm³/mol. The third-order valence-corrected chi connectivity index (χ3v) is 4.38. The Balaban J connectivity index is 1.89. The van der Waals surface area contributed by atoms with Crippen LogP contribution >= 0.6 is 0 Å². The highest BCUT2D eigenvalue weighted by atomic mass is 32.2. The van der Waals surface area contributed by atoms with Crippen LogP contribution in [0.3, 0.4) is 0 Å². The van der Waals surface area contributed by atoms with Gasteiger partial charge in [0, 0.05) is 6.54 Å². The van der Waals surface area contributed by atoms with Gasteiger partial charge in [0.1, 0.15) is 6.54 Å². The minimum Gasteiger partial charge on any atom is -0.350 e. The van der Waals surface area contributed by atoms with Gasteiger partial charge in [0.2, 0.25) is 26.0 Å². The molecule has 0 aliphatic heterocycles. The summed E-state index contributed by atoms with van der Waals surface area (Å²) in [5, 5.41) is 14.8. The zero-order valence-electron chi connectivity index (χ0n) is 13.1. The van der Waals surface area contributed by atoms with E-state index in [2.05, 4.69) is 20.4 Å². The molecule has 0 aliphatic carbocycles. The lowest BCUT2D eigenvalue weighted by atomic mass is 10.2. The molecule has 13 heteroatoms. The number of primary sulfonamides is 1. The monoisotopic (exact) mass is 388 g/mol. The highest BCUT2D eigenvalue weighted by Gasteiger charge is 2.10. The second kappa shape index (κ2) is 7.16. The number of aromatic nitrogens is 3. The fourth-order valence-corrected chi connectivity index (χ4v) is 2.80. The van der Waals surface area contributed by atoms with Crippen LogP contribution in [0.15, 0.2) is 35.4 Å². The van der Waals surface area contributed by atoms with Gasteiger partial charge in [-0.05, 0) is 17.7 Å². The lowest BCUT2D eigenvalue weighted by Gasteiger charge is -2.06. The van der Waals surface area contributed by atoms with E-state index < -0.39 is 20.0 Å². The predicted octanol–water partition coefficient (Wildman–Crippen LogP) is -1.39. The van der Waals surface area contributed by atoms with Crippen LogP contribution in [0.4, 0.5) is 5.82 Å². The van der Waals surface area contributed by atoms with E-state index in [1.807, 2.05) is 0 Å². The van der Waals surface area contributed by atoms with Crippen LogP contribution in [0.25, 0.3) is 0 Å². The maximum atomic E-state index is 11.9. The molecule has 0 fully saturated rings. The Bertz CT molecular complexity index is 966. The summed E-state index contributed by atoms with van der Waals surface area (Å²) in [7, 11) is -7.23. The lowest BCUT2D eigenvalue weighted by molar-refractivity contribution is -0.122. The fourth-order valence-electron chi connectivity index (χ4n) is 1.81. The van der Waals surface area contributed by atoms with Gasteiger partial charge in [-0.3, -0.25) is 9.52 Å². The van der Waals surface area contributed by atoms with Gasteiger partial charge >= 0.3 is 0 Å². The molecule has 1 heterocycles. The molecule has 0 bridgehead atoms. The van der Waals surface area contributed by atoms with Crippen LogP contribution < -0.4 is 15.2 Å². The van der Waals surface area contributed by atoms with Crippen molar-refractivity contribution in [3.05, 3.63) is 36.0 Å². The molecule has 0 unspecified atom stereocenters. The quantitative estimate of drug-likeness (QED) is 0.525. The fraction of sp³-hybridized carbons (Fsp3) is 0.250. The van der Waals surface area contributed by atoms with Crippen LogP contribution in [0, 0.1) is 0 Å². The largest absolute Gasteiger partial charge is 0.350 e. The van der Waals surface area contributed by atoms with Crippen molar-refractivity contribution in [2.24, 2.45) is 5.14 Å². The first-order chi connectivity index (χ1) is 11.5. The van der Waals surface area contributed by atoms with E-state index in [4.69, 9.17) is 5.14 Å². The van der Waals surface area contributed by atoms with Crippen LogP contribution in [0.5, 0.6) is 0 Å². The molecule has 11 nitrogen and oxygen atoms in total. The second-order valence-electron chi connectivity index (χ2n) is 5.14. The minimum atomic E-state index is -3.76. The average molecular weight is 388 g/mol. The van der Waals surface area contributed by atoms with Crippen LogP contribution in [0.2, 0.25) is 0 Å². The summed E-state index contributed by atoms with van der Waals surface area (Å²) in [6.07, 6.45) is 2.25. The van der Waals surface area contributed by atoms with Crippen molar-refractivity contribution in [2.75, 3.05) is 11.0 Å². The first-order valence-electron chi connectivity index (χ1n) is 6.79. The number of carbonyl (C=O) groups is 1. The summed E-state index contributed by atoms with van der Waals surface area (Å²) in [4.78, 5) is 11.8. The molecule has 0 saturated carbocycles. The maximum absolute atomic E-state index is 11.9. The Hall–Kier alpha value is -2.51. The van der Waals surface area contributed by atoms with Gasteiger partial charge in [0.05, 0.1) is 17.3 Å². The number of benzene rings is 1. The van der Waals surface area contributed by atoms with E-state index in [0.717, 1.165) is 6.26 Å². The van der Waals surface area contributed by atoms with Gasteiger partial charge in [-0.25, -0.2) is 26.7 Å². The molecule has 4 N–H and O–H groups in total. The summed E-state index contributed by atoms with van der Waals surface area (Å²) in [5.74, 6) is -0.375. The first-order valence-corrected chi connectivity index (χ1v) is 10.2. The number of anilines is 1. The van der Waals surface area contributed by atoms with E-state index in [9.17, 15) is 21.6 Å². The Morgan fingerprint density at radius 1 is 1.20 bits per heavy atom. The molecule has 1 aromatic heterocycles. The van der Waals surface area contributed by atoms with Crippen molar-refractivity contribution in [1.82, 2.24) is 20.3 Å². The normalized spacial score (nSPS) is 11.9. The third kappa shape index (κ3) is 6.13. The second-order valence-corrected chi connectivity index (χ2v) is 8.45. The van der Waals surface area contributed by atoms with Crippen molar-refractivity contribution < 1.29 is 21.6 Å². The smallest absolute Gasteiger partial charge is 0.242 e. The van der Waals surface area contributed by atoms with Crippen molar-refractivity contribution in [2.45, 2.75) is 18.0 Å². The standard InChI is InChI=1S/C12H16N6O5S2/c1-24(20,21)16-11-7-18(17-15-11)8-12(19)14-6-9-2-4-10(5-3-9)25(13,22)23/h2-5,7,16H,6,8H2,1H3,(H,14,19)(H2,13,22,23). The number of sulfonamides is 2. The van der Waals surface area contributed by atoms with E-state index >= 15 is 0 Å². The molecule has 136 valence electrons. The molecule has 0 aliphatic rings. The Kier molecular flexibility index (Phi) is 5.39. The minimum absolute atomic E-state index is 0.00822. The summed E-state index contributed by atoms with van der Waals surface area (Å²) in [6.45, 7) is 0.0145. The van der Waals surface area contributed by atoms with Crippen molar-refractivity contribution in [1.29, 1.82) is 0 Å². The van der Waals surface area contributed by atoms with E-state index in [1.54, 1.807) is 0 Å². The van der Waals surface area contributed by atoms with Gasteiger partial charge in [0.25, 0.3) is 0 Å². The van der Waals surface area contributed by atoms with E-state index in [1.165, 1.54) is 35.1 Å². The summed E-state index contributed by atoms with van der Waals surface area (Å²) < 4.78 is 47.7. The maximum Gasteiger partial charge on any atom is 0.242 e. The number of nitrogens with one attached hydrogen (secondary N) is 2. The number of rotatable bonds is 7. The number of carbonyl (C=O) groups excluding carboxylic acids is 1. The summed E-state index contributed by atoms with van der Waals surface area (Å²) >= 11 is 0. The van der Waals surface area contributed by atoms with Gasteiger partial charge in [0.15, 0.2) is 5.82 Å². The highest BCUT2D eigenvalue weighted by Crippen LogP contribution is 2.08. The average Bonchev–Trinajstić information content (AvgIpc) is 2.89. The molecule has 1 aromatic carbocycles. The van der Waals surface area contributed by atoms with Crippen LogP contribution in [0.1, 0.15) is 5.56 Å². The summed E-state index contributed by atoms with van der Waals surface area (Å²) in [6, 6.07) is 5.75. The summed E-state index contributed by atoms with van der Waals surface area (Å²) in [5.41, 5.74) is 0.679. The van der Waals surface area contributed by atoms with Crippen molar-refractivity contribution >= 4 is 31.8 Å². The SMILES string of the molecule is CS(=O)(=O)Nc1cn(CC(=O)NCc2ccc(S(N)(=O)=O)cc2)nn1. The number of nitrogens with two attached hydrogens (primary N) is 1. The molecule has 0 atom stereocenters. The van der Waals surface area contributed by atoms with Crippen molar-refractivity contribution in [3.8, 4) is 0 Å². The highest BCUT2D eigenvalue weighted by molar-refractivity contribution is 7.92. The van der Waals surface area contributed by atoms with E-state index in [-0.39, 0.29) is 29.7 Å². The number of hydrogen-bond donors (Lipinski definition) is 3. The zero-order valence-corrected chi connectivity index (χ0v) is 14.7. The number of hydrogen-bond acceptors (Lipinski definition) is 7. The van der Waals surface area contributed by atoms with Crippen LogP contribution in [-0.4, -0.2) is 44.0 Å². The Morgan fingerprint density at radius 3 is 2.40 bits per heavy atom. The molecule has 25 heavy (non-hydrogen) atoms. The molecule has 1 amide bonds. The molecule has 0 spiro atoms.